The second-order valence-corrected chi connectivity index (χ2v) is 11.2. The van der Waals surface area contributed by atoms with Gasteiger partial charge in [0.2, 0.25) is 0 Å². The van der Waals surface area contributed by atoms with Crippen LogP contribution in [0.1, 0.15) is 88.2 Å². The van der Waals surface area contributed by atoms with Crippen LogP contribution >= 0.6 is 0 Å². The van der Waals surface area contributed by atoms with Gasteiger partial charge in [-0.25, -0.2) is 0 Å². The maximum absolute atomic E-state index is 14.0. The SMILES string of the molecule is CCCCOc1ccc(C2CCN(C(C(=O)C3CCCCC3)C3CCc4ccccc4N3)CC2)cc1. The first-order valence-corrected chi connectivity index (χ1v) is 14.6. The predicted molar refractivity (Wildman–Crippen MR) is 148 cm³/mol. The fourth-order valence-electron chi connectivity index (χ4n) is 6.64. The number of nitrogens with one attached hydrogen (secondary N) is 1. The molecule has 1 saturated heterocycles. The normalized spacial score (nSPS) is 22.4. The summed E-state index contributed by atoms with van der Waals surface area (Å²) in [6.45, 7) is 4.99. The Morgan fingerprint density at radius 3 is 2.47 bits per heavy atom. The Morgan fingerprint density at radius 1 is 0.972 bits per heavy atom. The minimum Gasteiger partial charge on any atom is -0.494 e. The Kier molecular flexibility index (Phi) is 8.63. The van der Waals surface area contributed by atoms with E-state index in [-0.39, 0.29) is 18.0 Å². The zero-order valence-corrected chi connectivity index (χ0v) is 22.1. The Balaban J connectivity index is 1.26. The van der Waals surface area contributed by atoms with Crippen molar-refractivity contribution in [3.8, 4) is 5.75 Å². The van der Waals surface area contributed by atoms with Crippen molar-refractivity contribution in [3.63, 3.8) is 0 Å². The zero-order chi connectivity index (χ0) is 24.7. The fraction of sp³-hybridized carbons (Fsp3) is 0.594. The molecule has 3 aliphatic rings. The summed E-state index contributed by atoms with van der Waals surface area (Å²) in [7, 11) is 0. The number of aryl methyl sites for hydroxylation is 1. The van der Waals surface area contributed by atoms with Gasteiger partial charge in [-0.1, -0.05) is 62.9 Å². The summed E-state index contributed by atoms with van der Waals surface area (Å²) in [6, 6.07) is 17.6. The number of fused-ring (bicyclic) bond motifs is 1. The standard InChI is InChI=1S/C32H44N2O2/c1-2-3-23-36-28-16-13-24(14-17-28)25-19-21-34(22-20-25)31(32(35)27-10-5-4-6-11-27)30-18-15-26-9-7-8-12-29(26)33-30/h7-9,12-14,16-17,25,27,30-31,33H,2-6,10-11,15,18-23H2,1H3. The highest BCUT2D eigenvalue weighted by Crippen LogP contribution is 2.35. The number of carbonyl (C=O) groups is 1. The first-order chi connectivity index (χ1) is 17.7. The van der Waals surface area contributed by atoms with Crippen molar-refractivity contribution < 1.29 is 9.53 Å². The highest BCUT2D eigenvalue weighted by molar-refractivity contribution is 5.88. The fourth-order valence-corrected chi connectivity index (χ4v) is 6.64. The van der Waals surface area contributed by atoms with Crippen LogP contribution in [-0.2, 0) is 11.2 Å². The maximum atomic E-state index is 14.0. The third-order valence-electron chi connectivity index (χ3n) is 8.80. The van der Waals surface area contributed by atoms with E-state index in [1.54, 1.807) is 0 Å². The van der Waals surface area contributed by atoms with Crippen LogP contribution < -0.4 is 10.1 Å². The van der Waals surface area contributed by atoms with E-state index in [4.69, 9.17) is 4.74 Å². The summed E-state index contributed by atoms with van der Waals surface area (Å²) in [4.78, 5) is 16.6. The number of ether oxygens (including phenoxy) is 1. The van der Waals surface area contributed by atoms with Crippen molar-refractivity contribution in [2.45, 2.75) is 95.6 Å². The van der Waals surface area contributed by atoms with Gasteiger partial charge in [-0.2, -0.15) is 0 Å². The molecule has 2 heterocycles. The van der Waals surface area contributed by atoms with Crippen LogP contribution in [0.15, 0.2) is 48.5 Å². The summed E-state index contributed by atoms with van der Waals surface area (Å²) in [5.74, 6) is 2.31. The van der Waals surface area contributed by atoms with Crippen LogP contribution in [0.25, 0.3) is 0 Å². The Labute approximate surface area is 217 Å². The quantitative estimate of drug-likeness (QED) is 0.386. The molecule has 0 bridgehead atoms. The van der Waals surface area contributed by atoms with Gasteiger partial charge >= 0.3 is 0 Å². The Bertz CT molecular complexity index is 974. The average molecular weight is 489 g/mol. The molecule has 2 aliphatic heterocycles. The molecule has 0 amide bonds. The minimum absolute atomic E-state index is 0.00301. The molecule has 1 N–H and O–H groups in total. The molecule has 1 aliphatic carbocycles. The molecule has 4 nitrogen and oxygen atoms in total. The summed E-state index contributed by atoms with van der Waals surface area (Å²) >= 11 is 0. The second kappa shape index (κ2) is 12.3. The summed E-state index contributed by atoms with van der Waals surface area (Å²) in [5.41, 5.74) is 4.03. The van der Waals surface area contributed by atoms with Gasteiger partial charge in [0, 0.05) is 17.6 Å². The summed E-state index contributed by atoms with van der Waals surface area (Å²) < 4.78 is 5.86. The number of likely N-dealkylation sites (tertiary alicyclic amines) is 1. The number of Topliss-reactive ketones (excluding diaryl/α,β-unsaturated/α-hetero) is 1. The number of benzene rings is 2. The van der Waals surface area contributed by atoms with Gasteiger partial charge in [-0.05, 0) is 93.3 Å². The first kappa shape index (κ1) is 25.3. The van der Waals surface area contributed by atoms with Crippen molar-refractivity contribution >= 4 is 11.5 Å². The number of hydrogen-bond acceptors (Lipinski definition) is 4. The molecule has 0 spiro atoms. The third kappa shape index (κ3) is 5.96. The van der Waals surface area contributed by atoms with Crippen LogP contribution in [0.3, 0.4) is 0 Å². The zero-order valence-electron chi connectivity index (χ0n) is 22.1. The van der Waals surface area contributed by atoms with E-state index in [2.05, 4.69) is 65.7 Å². The van der Waals surface area contributed by atoms with E-state index in [0.717, 1.165) is 76.8 Å². The molecule has 2 aromatic rings. The molecule has 2 fully saturated rings. The van der Waals surface area contributed by atoms with Crippen molar-refractivity contribution in [1.82, 2.24) is 4.90 Å². The highest BCUT2D eigenvalue weighted by Gasteiger charge is 2.40. The first-order valence-electron chi connectivity index (χ1n) is 14.6. The van der Waals surface area contributed by atoms with Crippen molar-refractivity contribution in [2.24, 2.45) is 5.92 Å². The molecule has 36 heavy (non-hydrogen) atoms. The number of piperidine rings is 1. The molecule has 2 aromatic carbocycles. The molecule has 0 radical (unpaired) electrons. The number of rotatable bonds is 9. The summed E-state index contributed by atoms with van der Waals surface area (Å²) in [5, 5.41) is 3.81. The van der Waals surface area contributed by atoms with Gasteiger partial charge in [0.05, 0.1) is 12.6 Å². The Hall–Kier alpha value is -2.33. The van der Waals surface area contributed by atoms with Gasteiger partial charge in [0.25, 0.3) is 0 Å². The van der Waals surface area contributed by atoms with Crippen molar-refractivity contribution in [3.05, 3.63) is 59.7 Å². The number of ketones is 1. The molecule has 5 rings (SSSR count). The topological polar surface area (TPSA) is 41.6 Å². The maximum Gasteiger partial charge on any atom is 0.155 e. The van der Waals surface area contributed by atoms with Crippen molar-refractivity contribution in [2.75, 3.05) is 25.0 Å². The minimum atomic E-state index is -0.00301. The predicted octanol–water partition coefficient (Wildman–Crippen LogP) is 6.99. The van der Waals surface area contributed by atoms with Crippen LogP contribution in [-0.4, -0.2) is 42.5 Å². The number of para-hydroxylation sites is 1. The summed E-state index contributed by atoms with van der Waals surface area (Å²) in [6.07, 6.45) is 12.5. The molecule has 1 saturated carbocycles. The second-order valence-electron chi connectivity index (χ2n) is 11.2. The lowest BCUT2D eigenvalue weighted by molar-refractivity contribution is -0.130. The molecule has 4 heteroatoms. The van der Waals surface area contributed by atoms with Gasteiger partial charge in [-0.15, -0.1) is 0 Å². The van der Waals surface area contributed by atoms with Gasteiger partial charge < -0.3 is 10.1 Å². The number of nitrogens with zero attached hydrogens (tertiary/aromatic N) is 1. The molecule has 194 valence electrons. The van der Waals surface area contributed by atoms with Crippen molar-refractivity contribution in [1.29, 1.82) is 0 Å². The number of unbranched alkanes of at least 4 members (excludes halogenated alkanes) is 1. The molecular formula is C32H44N2O2. The Morgan fingerprint density at radius 2 is 1.72 bits per heavy atom. The third-order valence-corrected chi connectivity index (χ3v) is 8.80. The van der Waals surface area contributed by atoms with Crippen LogP contribution in [0.5, 0.6) is 5.75 Å². The molecule has 2 unspecified atom stereocenters. The van der Waals surface area contributed by atoms with Gasteiger partial charge in [-0.3, -0.25) is 9.69 Å². The van der Waals surface area contributed by atoms with Crippen LogP contribution in [0, 0.1) is 5.92 Å². The number of carbonyl (C=O) groups excluding carboxylic acids is 1. The van der Waals surface area contributed by atoms with E-state index in [1.165, 1.54) is 36.1 Å². The lowest BCUT2D eigenvalue weighted by Crippen LogP contribution is -2.56. The van der Waals surface area contributed by atoms with Gasteiger partial charge in [0.15, 0.2) is 5.78 Å². The van der Waals surface area contributed by atoms with E-state index in [1.807, 2.05) is 0 Å². The molecular weight excluding hydrogens is 444 g/mol. The highest BCUT2D eigenvalue weighted by atomic mass is 16.5. The largest absolute Gasteiger partial charge is 0.494 e. The number of hydrogen-bond donors (Lipinski definition) is 1. The molecule has 2 atom stereocenters. The van der Waals surface area contributed by atoms with Crippen LogP contribution in [0.4, 0.5) is 5.69 Å². The van der Waals surface area contributed by atoms with Crippen LogP contribution in [0.2, 0.25) is 0 Å². The molecule has 0 aromatic heterocycles. The van der Waals surface area contributed by atoms with E-state index in [9.17, 15) is 4.79 Å². The van der Waals surface area contributed by atoms with E-state index >= 15 is 0 Å². The lowest BCUT2D eigenvalue weighted by Gasteiger charge is -2.43. The smallest absolute Gasteiger partial charge is 0.155 e. The average Bonchev–Trinajstić information content (AvgIpc) is 2.94. The number of anilines is 1. The monoisotopic (exact) mass is 488 g/mol. The lowest BCUT2D eigenvalue weighted by atomic mass is 9.79. The van der Waals surface area contributed by atoms with E-state index in [0.29, 0.717) is 11.7 Å². The van der Waals surface area contributed by atoms with Gasteiger partial charge in [0.1, 0.15) is 5.75 Å². The van der Waals surface area contributed by atoms with E-state index < -0.39 is 0 Å².